The van der Waals surface area contributed by atoms with Gasteiger partial charge in [-0.25, -0.2) is 4.98 Å². The molecule has 0 aliphatic rings. The Morgan fingerprint density at radius 3 is 2.75 bits per heavy atom. The molecule has 1 aromatic heterocycles. The minimum atomic E-state index is 0.573. The predicted octanol–water partition coefficient (Wildman–Crippen LogP) is 3.29. The maximum Gasteiger partial charge on any atom is 0.123 e. The second kappa shape index (κ2) is 7.09. The molecule has 0 radical (unpaired) electrons. The van der Waals surface area contributed by atoms with Gasteiger partial charge in [0.25, 0.3) is 0 Å². The maximum absolute atomic E-state index is 5.54. The number of hydrogen-bond donors (Lipinski definition) is 2. The molecule has 0 aromatic carbocycles. The number of nitrogens with one attached hydrogen (secondary N) is 1. The van der Waals surface area contributed by atoms with E-state index in [-0.39, 0.29) is 0 Å². The van der Waals surface area contributed by atoms with E-state index in [1.54, 1.807) is 6.20 Å². The van der Waals surface area contributed by atoms with Gasteiger partial charge in [-0.15, -0.1) is 0 Å². The van der Waals surface area contributed by atoms with Gasteiger partial charge in [0.05, 0.1) is 11.9 Å². The second-order valence-electron chi connectivity index (χ2n) is 4.27. The Labute approximate surface area is 98.5 Å². The second-order valence-corrected chi connectivity index (χ2v) is 4.27. The highest BCUT2D eigenvalue weighted by Crippen LogP contribution is 2.14. The van der Waals surface area contributed by atoms with Crippen molar-refractivity contribution >= 4 is 11.5 Å². The van der Waals surface area contributed by atoms with Crippen molar-refractivity contribution in [1.29, 1.82) is 0 Å². The molecule has 3 heteroatoms. The molecule has 0 aliphatic carbocycles. The van der Waals surface area contributed by atoms with Gasteiger partial charge in [0.1, 0.15) is 5.82 Å². The molecule has 0 saturated heterocycles. The highest BCUT2D eigenvalue weighted by Gasteiger charge is 2.05. The lowest BCUT2D eigenvalue weighted by Crippen LogP contribution is -2.13. The van der Waals surface area contributed by atoms with Crippen molar-refractivity contribution < 1.29 is 0 Å². The van der Waals surface area contributed by atoms with Crippen molar-refractivity contribution in [2.45, 2.75) is 39.5 Å². The van der Waals surface area contributed by atoms with Crippen LogP contribution in [0.1, 0.15) is 39.5 Å². The number of unbranched alkanes of at least 4 members (excludes halogenated alkanes) is 1. The molecule has 1 unspecified atom stereocenters. The zero-order valence-corrected chi connectivity index (χ0v) is 10.4. The number of aromatic nitrogens is 1. The molecule has 1 rings (SSSR count). The Morgan fingerprint density at radius 1 is 1.38 bits per heavy atom. The SMILES string of the molecule is CCCCC(CC)CNc1ccc(N)nc1. The molecule has 0 amide bonds. The molecular weight excluding hydrogens is 198 g/mol. The molecule has 3 nitrogen and oxygen atoms in total. The molecule has 16 heavy (non-hydrogen) atoms. The molecule has 0 aliphatic heterocycles. The summed E-state index contributed by atoms with van der Waals surface area (Å²) in [6.45, 7) is 5.52. The zero-order chi connectivity index (χ0) is 11.8. The topological polar surface area (TPSA) is 50.9 Å². The van der Waals surface area contributed by atoms with Crippen LogP contribution in [-0.2, 0) is 0 Å². The van der Waals surface area contributed by atoms with Gasteiger partial charge in [0, 0.05) is 6.54 Å². The van der Waals surface area contributed by atoms with Crippen LogP contribution < -0.4 is 11.1 Å². The molecule has 0 bridgehead atoms. The van der Waals surface area contributed by atoms with E-state index in [0.29, 0.717) is 5.82 Å². The zero-order valence-electron chi connectivity index (χ0n) is 10.4. The van der Waals surface area contributed by atoms with Crippen LogP contribution in [0.5, 0.6) is 0 Å². The van der Waals surface area contributed by atoms with E-state index in [0.717, 1.165) is 18.2 Å². The van der Waals surface area contributed by atoms with E-state index < -0.39 is 0 Å². The van der Waals surface area contributed by atoms with Crippen molar-refractivity contribution in [2.75, 3.05) is 17.6 Å². The number of nitrogens with two attached hydrogens (primary N) is 1. The Morgan fingerprint density at radius 2 is 2.19 bits per heavy atom. The highest BCUT2D eigenvalue weighted by atomic mass is 14.9. The smallest absolute Gasteiger partial charge is 0.123 e. The molecule has 1 heterocycles. The summed E-state index contributed by atoms with van der Waals surface area (Å²) >= 11 is 0. The maximum atomic E-state index is 5.54. The summed E-state index contributed by atoms with van der Waals surface area (Å²) in [4.78, 5) is 4.06. The van der Waals surface area contributed by atoms with Crippen molar-refractivity contribution in [3.8, 4) is 0 Å². The van der Waals surface area contributed by atoms with Gasteiger partial charge < -0.3 is 11.1 Å². The van der Waals surface area contributed by atoms with Crippen molar-refractivity contribution in [1.82, 2.24) is 4.98 Å². The number of rotatable bonds is 7. The van der Waals surface area contributed by atoms with E-state index in [2.05, 4.69) is 24.1 Å². The Hall–Kier alpha value is -1.25. The normalized spacial score (nSPS) is 12.4. The summed E-state index contributed by atoms with van der Waals surface area (Å²) in [6.07, 6.45) is 6.93. The highest BCUT2D eigenvalue weighted by molar-refractivity contribution is 5.45. The van der Waals surface area contributed by atoms with Crippen molar-refractivity contribution in [3.63, 3.8) is 0 Å². The van der Waals surface area contributed by atoms with Gasteiger partial charge in [-0.05, 0) is 24.5 Å². The lowest BCUT2D eigenvalue weighted by Gasteiger charge is -2.15. The predicted molar refractivity (Wildman–Crippen MR) is 70.4 cm³/mol. The van der Waals surface area contributed by atoms with Crippen LogP contribution in [0.2, 0.25) is 0 Å². The fourth-order valence-electron chi connectivity index (χ4n) is 1.72. The van der Waals surface area contributed by atoms with Gasteiger partial charge >= 0.3 is 0 Å². The van der Waals surface area contributed by atoms with E-state index in [1.165, 1.54) is 25.7 Å². The fraction of sp³-hybridized carbons (Fsp3) is 0.615. The first-order valence-electron chi connectivity index (χ1n) is 6.21. The van der Waals surface area contributed by atoms with Gasteiger partial charge in [-0.1, -0.05) is 33.1 Å². The van der Waals surface area contributed by atoms with E-state index in [1.807, 2.05) is 12.1 Å². The molecule has 0 fully saturated rings. The van der Waals surface area contributed by atoms with Crippen LogP contribution in [0.3, 0.4) is 0 Å². The van der Waals surface area contributed by atoms with Crippen molar-refractivity contribution in [2.24, 2.45) is 5.92 Å². The molecule has 1 atom stereocenters. The molecule has 0 spiro atoms. The van der Waals surface area contributed by atoms with E-state index >= 15 is 0 Å². The standard InChI is InChI=1S/C13H23N3/c1-3-5-6-11(4-2)9-15-12-7-8-13(14)16-10-12/h7-8,10-11,15H,3-6,9H2,1-2H3,(H2,14,16). The average molecular weight is 221 g/mol. The van der Waals surface area contributed by atoms with Gasteiger partial charge in [0.15, 0.2) is 0 Å². The summed E-state index contributed by atoms with van der Waals surface area (Å²) in [5, 5.41) is 3.41. The third kappa shape index (κ3) is 4.51. The third-order valence-corrected chi connectivity index (χ3v) is 2.92. The summed E-state index contributed by atoms with van der Waals surface area (Å²) in [5.74, 6) is 1.33. The van der Waals surface area contributed by atoms with Gasteiger partial charge in [-0.2, -0.15) is 0 Å². The number of nitrogen functional groups attached to an aromatic ring is 1. The minimum Gasteiger partial charge on any atom is -0.384 e. The number of pyridine rings is 1. The minimum absolute atomic E-state index is 0.573. The third-order valence-electron chi connectivity index (χ3n) is 2.92. The fourth-order valence-corrected chi connectivity index (χ4v) is 1.72. The first-order chi connectivity index (χ1) is 7.76. The van der Waals surface area contributed by atoms with Crippen molar-refractivity contribution in [3.05, 3.63) is 18.3 Å². The average Bonchev–Trinajstić information content (AvgIpc) is 2.32. The van der Waals surface area contributed by atoms with Crippen LogP contribution >= 0.6 is 0 Å². The monoisotopic (exact) mass is 221 g/mol. The Balaban J connectivity index is 2.34. The van der Waals surface area contributed by atoms with Crippen LogP contribution in [0.15, 0.2) is 18.3 Å². The summed E-state index contributed by atoms with van der Waals surface area (Å²) < 4.78 is 0. The van der Waals surface area contributed by atoms with E-state index in [9.17, 15) is 0 Å². The molecule has 3 N–H and O–H groups in total. The molecular formula is C13H23N3. The number of anilines is 2. The Bertz CT molecular complexity index is 282. The van der Waals surface area contributed by atoms with Crippen LogP contribution in [0.4, 0.5) is 11.5 Å². The largest absolute Gasteiger partial charge is 0.384 e. The Kier molecular flexibility index (Phi) is 5.68. The lowest BCUT2D eigenvalue weighted by atomic mass is 9.99. The summed E-state index contributed by atoms with van der Waals surface area (Å²) in [5.41, 5.74) is 6.60. The van der Waals surface area contributed by atoms with Gasteiger partial charge in [-0.3, -0.25) is 0 Å². The van der Waals surface area contributed by atoms with Gasteiger partial charge in [0.2, 0.25) is 0 Å². The molecule has 1 aromatic rings. The lowest BCUT2D eigenvalue weighted by molar-refractivity contribution is 0.473. The number of hydrogen-bond acceptors (Lipinski definition) is 3. The quantitative estimate of drug-likeness (QED) is 0.742. The van der Waals surface area contributed by atoms with Crippen LogP contribution in [0.25, 0.3) is 0 Å². The molecule has 0 saturated carbocycles. The summed E-state index contributed by atoms with van der Waals surface area (Å²) in [6, 6.07) is 3.81. The first kappa shape index (κ1) is 12.8. The van der Waals surface area contributed by atoms with E-state index in [4.69, 9.17) is 5.73 Å². The number of nitrogens with zero attached hydrogens (tertiary/aromatic N) is 1. The molecule has 90 valence electrons. The van der Waals surface area contributed by atoms with Crippen LogP contribution in [0, 0.1) is 5.92 Å². The first-order valence-corrected chi connectivity index (χ1v) is 6.21. The van der Waals surface area contributed by atoms with Crippen LogP contribution in [-0.4, -0.2) is 11.5 Å². The summed E-state index contributed by atoms with van der Waals surface area (Å²) in [7, 11) is 0.